The molecule has 0 aromatic rings. The van der Waals surface area contributed by atoms with Gasteiger partial charge in [0.05, 0.1) is 0 Å². The van der Waals surface area contributed by atoms with Crippen molar-refractivity contribution in [1.82, 2.24) is 0 Å². The summed E-state index contributed by atoms with van der Waals surface area (Å²) >= 11 is 0. The SMILES string of the molecule is CO[C@@H]1OC(C(=O)O)[C@H](OC)[C@H](O)C1O. The van der Waals surface area contributed by atoms with Crippen molar-refractivity contribution >= 4 is 5.97 Å². The summed E-state index contributed by atoms with van der Waals surface area (Å²) in [5.41, 5.74) is 0. The number of methoxy groups -OCH3 is 2. The summed E-state index contributed by atoms with van der Waals surface area (Å²) in [6, 6.07) is 0. The highest BCUT2D eigenvalue weighted by Gasteiger charge is 2.48. The topological polar surface area (TPSA) is 105 Å². The lowest BCUT2D eigenvalue weighted by Gasteiger charge is -2.39. The van der Waals surface area contributed by atoms with Crippen LogP contribution in [0.5, 0.6) is 0 Å². The first-order valence-electron chi connectivity index (χ1n) is 4.33. The minimum atomic E-state index is -1.37. The molecule has 2 unspecified atom stereocenters. The lowest BCUT2D eigenvalue weighted by Crippen LogP contribution is -2.60. The van der Waals surface area contributed by atoms with E-state index in [0.29, 0.717) is 0 Å². The summed E-state index contributed by atoms with van der Waals surface area (Å²) in [7, 11) is 2.47. The number of hydrogen-bond acceptors (Lipinski definition) is 6. The van der Waals surface area contributed by atoms with E-state index in [1.54, 1.807) is 0 Å². The van der Waals surface area contributed by atoms with Gasteiger partial charge in [0.1, 0.15) is 18.3 Å². The van der Waals surface area contributed by atoms with Gasteiger partial charge in [-0.05, 0) is 0 Å². The third-order valence-corrected chi connectivity index (χ3v) is 2.29. The average molecular weight is 222 g/mol. The number of rotatable bonds is 3. The highest BCUT2D eigenvalue weighted by Crippen LogP contribution is 2.23. The van der Waals surface area contributed by atoms with Crippen LogP contribution in [0, 0.1) is 0 Å². The van der Waals surface area contributed by atoms with Crippen LogP contribution in [-0.2, 0) is 19.0 Å². The van der Waals surface area contributed by atoms with Crippen LogP contribution >= 0.6 is 0 Å². The molecule has 0 bridgehead atoms. The molecule has 1 fully saturated rings. The number of aliphatic hydroxyl groups excluding tert-OH is 2. The van der Waals surface area contributed by atoms with Crippen molar-refractivity contribution in [1.29, 1.82) is 0 Å². The Morgan fingerprint density at radius 3 is 2.20 bits per heavy atom. The van der Waals surface area contributed by atoms with Gasteiger partial charge in [0.25, 0.3) is 0 Å². The summed E-state index contributed by atoms with van der Waals surface area (Å²) in [6.07, 6.45) is -6.36. The highest BCUT2D eigenvalue weighted by molar-refractivity contribution is 5.73. The molecule has 15 heavy (non-hydrogen) atoms. The molecule has 1 rings (SSSR count). The predicted octanol–water partition coefficient (Wildman–Crippen LogP) is -1.82. The maximum atomic E-state index is 10.8. The second kappa shape index (κ2) is 4.86. The molecule has 7 nitrogen and oxygen atoms in total. The number of aliphatic hydroxyl groups is 2. The number of aliphatic carboxylic acids is 1. The van der Waals surface area contributed by atoms with Crippen LogP contribution in [0.4, 0.5) is 0 Å². The lowest BCUT2D eigenvalue weighted by molar-refractivity contribution is -0.290. The van der Waals surface area contributed by atoms with Gasteiger partial charge in [-0.1, -0.05) is 0 Å². The van der Waals surface area contributed by atoms with Crippen molar-refractivity contribution in [3.63, 3.8) is 0 Å². The minimum absolute atomic E-state index is 1.12. The van der Waals surface area contributed by atoms with Gasteiger partial charge in [-0.2, -0.15) is 0 Å². The Labute approximate surface area is 86.2 Å². The number of carboxylic acid groups (broad SMARTS) is 1. The molecule has 1 heterocycles. The molecule has 0 spiro atoms. The van der Waals surface area contributed by atoms with E-state index in [1.165, 1.54) is 14.2 Å². The first-order valence-corrected chi connectivity index (χ1v) is 4.33. The fourth-order valence-corrected chi connectivity index (χ4v) is 1.49. The Balaban J connectivity index is 2.84. The van der Waals surface area contributed by atoms with Gasteiger partial charge in [0, 0.05) is 14.2 Å². The van der Waals surface area contributed by atoms with Gasteiger partial charge in [-0.3, -0.25) is 0 Å². The zero-order chi connectivity index (χ0) is 11.6. The molecular weight excluding hydrogens is 208 g/mol. The molecule has 1 aliphatic rings. The van der Waals surface area contributed by atoms with E-state index in [2.05, 4.69) is 0 Å². The molecule has 1 saturated heterocycles. The summed E-state index contributed by atoms with van der Waals surface area (Å²) in [5, 5.41) is 27.8. The minimum Gasteiger partial charge on any atom is -0.479 e. The van der Waals surface area contributed by atoms with Gasteiger partial charge in [-0.25, -0.2) is 4.79 Å². The maximum Gasteiger partial charge on any atom is 0.335 e. The van der Waals surface area contributed by atoms with Gasteiger partial charge in [0.15, 0.2) is 12.4 Å². The third-order valence-electron chi connectivity index (χ3n) is 2.29. The van der Waals surface area contributed by atoms with Gasteiger partial charge < -0.3 is 29.5 Å². The van der Waals surface area contributed by atoms with Crippen LogP contribution in [0.25, 0.3) is 0 Å². The molecule has 0 aliphatic carbocycles. The molecule has 0 saturated carbocycles. The first-order chi connectivity index (χ1) is 7.02. The molecule has 7 heteroatoms. The number of carboxylic acids is 1. The largest absolute Gasteiger partial charge is 0.479 e. The summed E-state index contributed by atoms with van der Waals surface area (Å²) in [5.74, 6) is -1.28. The molecule has 0 aromatic heterocycles. The monoisotopic (exact) mass is 222 g/mol. The lowest BCUT2D eigenvalue weighted by atomic mass is 9.99. The van der Waals surface area contributed by atoms with Gasteiger partial charge in [0.2, 0.25) is 0 Å². The quantitative estimate of drug-likeness (QED) is 0.516. The average Bonchev–Trinajstić information content (AvgIpc) is 2.21. The van der Waals surface area contributed by atoms with E-state index in [0.717, 1.165) is 0 Å². The standard InChI is InChI=1S/C8H14O7/c1-13-5-3(9)4(10)8(14-2)15-6(5)7(11)12/h3-6,8-10H,1-2H3,(H,11,12)/t3-,4?,5-,6?,8-/m1/s1. The van der Waals surface area contributed by atoms with Crippen molar-refractivity contribution in [3.05, 3.63) is 0 Å². The van der Waals surface area contributed by atoms with Crippen molar-refractivity contribution in [3.8, 4) is 0 Å². The normalized spacial score (nSPS) is 41.5. The van der Waals surface area contributed by atoms with E-state index in [9.17, 15) is 15.0 Å². The molecule has 5 atom stereocenters. The second-order valence-corrected chi connectivity index (χ2v) is 3.18. The smallest absolute Gasteiger partial charge is 0.335 e. The molecule has 88 valence electrons. The van der Waals surface area contributed by atoms with Crippen molar-refractivity contribution in [2.24, 2.45) is 0 Å². The van der Waals surface area contributed by atoms with E-state index >= 15 is 0 Å². The van der Waals surface area contributed by atoms with E-state index in [1.807, 2.05) is 0 Å². The summed E-state index contributed by atoms with van der Waals surface area (Å²) in [6.45, 7) is 0. The molecule has 1 aliphatic heterocycles. The molecule has 3 N–H and O–H groups in total. The van der Waals surface area contributed by atoms with Crippen LogP contribution in [0.2, 0.25) is 0 Å². The Bertz CT molecular complexity index is 231. The van der Waals surface area contributed by atoms with Gasteiger partial charge >= 0.3 is 5.97 Å². The Morgan fingerprint density at radius 1 is 1.20 bits per heavy atom. The zero-order valence-electron chi connectivity index (χ0n) is 8.36. The van der Waals surface area contributed by atoms with E-state index in [4.69, 9.17) is 19.3 Å². The fraction of sp³-hybridized carbons (Fsp3) is 0.875. The maximum absolute atomic E-state index is 10.8. The third kappa shape index (κ3) is 2.27. The van der Waals surface area contributed by atoms with Crippen LogP contribution in [-0.4, -0.2) is 66.2 Å². The second-order valence-electron chi connectivity index (χ2n) is 3.18. The molecule has 0 radical (unpaired) electrons. The van der Waals surface area contributed by atoms with Crippen LogP contribution in [0.1, 0.15) is 0 Å². The summed E-state index contributed by atoms with van der Waals surface area (Å²) < 4.78 is 14.4. The molecule has 0 amide bonds. The molecule has 0 aromatic carbocycles. The Morgan fingerprint density at radius 2 is 1.80 bits per heavy atom. The van der Waals surface area contributed by atoms with E-state index < -0.39 is 36.7 Å². The zero-order valence-corrected chi connectivity index (χ0v) is 8.36. The Kier molecular flexibility index (Phi) is 4.00. The number of hydrogen-bond donors (Lipinski definition) is 3. The van der Waals surface area contributed by atoms with Crippen LogP contribution < -0.4 is 0 Å². The van der Waals surface area contributed by atoms with Crippen molar-refractivity contribution in [2.75, 3.05) is 14.2 Å². The van der Waals surface area contributed by atoms with Crippen LogP contribution in [0.3, 0.4) is 0 Å². The highest BCUT2D eigenvalue weighted by atomic mass is 16.7. The van der Waals surface area contributed by atoms with Crippen molar-refractivity contribution < 1.29 is 34.3 Å². The van der Waals surface area contributed by atoms with E-state index in [-0.39, 0.29) is 0 Å². The number of carbonyl (C=O) groups is 1. The van der Waals surface area contributed by atoms with Gasteiger partial charge in [-0.15, -0.1) is 0 Å². The Hall–Kier alpha value is -0.730. The first kappa shape index (κ1) is 12.3. The van der Waals surface area contributed by atoms with Crippen molar-refractivity contribution in [2.45, 2.75) is 30.7 Å². The molecular formula is C8H14O7. The number of ether oxygens (including phenoxy) is 3. The predicted molar refractivity (Wildman–Crippen MR) is 46.1 cm³/mol. The fourth-order valence-electron chi connectivity index (χ4n) is 1.49. The van der Waals surface area contributed by atoms with Crippen LogP contribution in [0.15, 0.2) is 0 Å². The summed E-state index contributed by atoms with van der Waals surface area (Å²) in [4.78, 5) is 10.8.